The molecule has 0 bridgehead atoms. The van der Waals surface area contributed by atoms with E-state index < -0.39 is 0 Å². The van der Waals surface area contributed by atoms with Gasteiger partial charge in [-0.15, -0.1) is 0 Å². The minimum absolute atomic E-state index is 0.0150. The fourth-order valence-electron chi connectivity index (χ4n) is 3.31. The van der Waals surface area contributed by atoms with Crippen molar-refractivity contribution in [1.29, 1.82) is 0 Å². The van der Waals surface area contributed by atoms with Crippen molar-refractivity contribution >= 4 is 16.8 Å². The van der Waals surface area contributed by atoms with Crippen LogP contribution in [0.15, 0.2) is 60.8 Å². The normalized spacial score (nSPS) is 11.9. The number of carbonyl (C=O) groups is 1. The smallest absolute Gasteiger partial charge is 0.253 e. The van der Waals surface area contributed by atoms with Crippen LogP contribution in [0.1, 0.15) is 29.8 Å². The molecule has 3 aromatic rings. The lowest BCUT2D eigenvalue weighted by molar-refractivity contribution is 0.0947. The number of benzene rings is 2. The topological polar surface area (TPSA) is 37.3 Å². The second kappa shape index (κ2) is 7.97. The molecule has 1 amide bonds. The maximum Gasteiger partial charge on any atom is 0.253 e. The Morgan fingerprint density at radius 1 is 1.04 bits per heavy atom. The van der Waals surface area contributed by atoms with Gasteiger partial charge in [0.25, 0.3) is 5.91 Å². The second-order valence-corrected chi connectivity index (χ2v) is 7.99. The highest BCUT2D eigenvalue weighted by atomic mass is 16.1. The number of hydrogen-bond acceptors (Lipinski definition) is 2. The predicted molar refractivity (Wildman–Crippen MR) is 112 cm³/mol. The molecule has 1 heterocycles. The number of likely N-dealkylation sites (N-methyl/N-ethyl adjacent to an activating group) is 1. The molecule has 0 fully saturated rings. The lowest BCUT2D eigenvalue weighted by Crippen LogP contribution is -2.36. The van der Waals surface area contributed by atoms with E-state index in [1.54, 1.807) is 0 Å². The van der Waals surface area contributed by atoms with E-state index in [0.29, 0.717) is 6.54 Å². The number of carbonyl (C=O) groups excluding carboxylic acids is 1. The molecular weight excluding hydrogens is 334 g/mol. The Hall–Kier alpha value is -2.59. The van der Waals surface area contributed by atoms with E-state index in [9.17, 15) is 4.79 Å². The standard InChI is InChI=1S/C23H29N3O/c1-23(2,18-10-6-5-7-11-18)17-24-22(27)20-16-26(15-14-25(3)4)21-13-9-8-12-19(20)21/h5-13,16H,14-15,17H2,1-4H3,(H,24,27). The van der Waals surface area contributed by atoms with Crippen LogP contribution >= 0.6 is 0 Å². The van der Waals surface area contributed by atoms with Crippen LogP contribution in [-0.4, -0.2) is 42.6 Å². The van der Waals surface area contributed by atoms with Gasteiger partial charge in [-0.2, -0.15) is 0 Å². The molecule has 0 radical (unpaired) electrons. The summed E-state index contributed by atoms with van der Waals surface area (Å²) < 4.78 is 2.17. The first-order valence-corrected chi connectivity index (χ1v) is 9.45. The molecule has 142 valence electrons. The molecule has 3 rings (SSSR count). The highest BCUT2D eigenvalue weighted by Gasteiger charge is 2.22. The van der Waals surface area contributed by atoms with Crippen LogP contribution in [0.3, 0.4) is 0 Å². The molecule has 1 aromatic heterocycles. The molecule has 2 aromatic carbocycles. The van der Waals surface area contributed by atoms with Gasteiger partial charge < -0.3 is 14.8 Å². The molecule has 0 aliphatic heterocycles. The second-order valence-electron chi connectivity index (χ2n) is 7.99. The predicted octanol–water partition coefficient (Wildman–Crippen LogP) is 3.91. The Morgan fingerprint density at radius 2 is 1.70 bits per heavy atom. The fraction of sp³-hybridized carbons (Fsp3) is 0.348. The number of nitrogens with one attached hydrogen (secondary N) is 1. The van der Waals surface area contributed by atoms with Gasteiger partial charge >= 0.3 is 0 Å². The first-order valence-electron chi connectivity index (χ1n) is 9.45. The molecule has 1 N–H and O–H groups in total. The third kappa shape index (κ3) is 4.40. The SMILES string of the molecule is CN(C)CCn1cc(C(=O)NCC(C)(C)c2ccccc2)c2ccccc21. The minimum atomic E-state index is -0.125. The Kier molecular flexibility index (Phi) is 5.66. The molecule has 27 heavy (non-hydrogen) atoms. The van der Waals surface area contributed by atoms with Crippen LogP contribution in [0.5, 0.6) is 0 Å². The Morgan fingerprint density at radius 3 is 2.41 bits per heavy atom. The minimum Gasteiger partial charge on any atom is -0.351 e. The van der Waals surface area contributed by atoms with Crippen molar-refractivity contribution in [3.63, 3.8) is 0 Å². The van der Waals surface area contributed by atoms with Crippen molar-refractivity contribution in [3.8, 4) is 0 Å². The van der Waals surface area contributed by atoms with Crippen LogP contribution in [0.4, 0.5) is 0 Å². The van der Waals surface area contributed by atoms with Gasteiger partial charge in [-0.1, -0.05) is 62.4 Å². The Balaban J connectivity index is 1.79. The molecule has 4 nitrogen and oxygen atoms in total. The van der Waals surface area contributed by atoms with Gasteiger partial charge in [0.15, 0.2) is 0 Å². The van der Waals surface area contributed by atoms with Crippen molar-refractivity contribution in [3.05, 3.63) is 71.9 Å². The number of hydrogen-bond donors (Lipinski definition) is 1. The number of aromatic nitrogens is 1. The van der Waals surface area contributed by atoms with Crippen LogP contribution in [-0.2, 0) is 12.0 Å². The van der Waals surface area contributed by atoms with Crippen LogP contribution < -0.4 is 5.32 Å². The monoisotopic (exact) mass is 363 g/mol. The van der Waals surface area contributed by atoms with Crippen molar-refractivity contribution in [2.45, 2.75) is 25.8 Å². The van der Waals surface area contributed by atoms with Gasteiger partial charge in [-0.05, 0) is 25.7 Å². The summed E-state index contributed by atoms with van der Waals surface area (Å²) in [5.74, 6) is -0.0150. The molecule has 0 saturated carbocycles. The quantitative estimate of drug-likeness (QED) is 0.691. The van der Waals surface area contributed by atoms with E-state index in [1.165, 1.54) is 5.56 Å². The van der Waals surface area contributed by atoms with Gasteiger partial charge in [-0.25, -0.2) is 0 Å². The van der Waals surface area contributed by atoms with Crippen molar-refractivity contribution in [1.82, 2.24) is 14.8 Å². The van der Waals surface area contributed by atoms with E-state index >= 15 is 0 Å². The van der Waals surface area contributed by atoms with Gasteiger partial charge in [0.2, 0.25) is 0 Å². The molecule has 4 heteroatoms. The summed E-state index contributed by atoms with van der Waals surface area (Å²) in [7, 11) is 4.12. The number of nitrogens with zero attached hydrogens (tertiary/aromatic N) is 2. The zero-order valence-corrected chi connectivity index (χ0v) is 16.7. The average Bonchev–Trinajstić information content (AvgIpc) is 3.04. The number of amides is 1. The first-order chi connectivity index (χ1) is 12.9. The molecule has 0 aliphatic rings. The summed E-state index contributed by atoms with van der Waals surface area (Å²) in [6.07, 6.45) is 1.99. The van der Waals surface area contributed by atoms with E-state index in [1.807, 2.05) is 42.6 Å². The number of rotatable bonds is 7. The first kappa shape index (κ1) is 19.2. The van der Waals surface area contributed by atoms with E-state index in [-0.39, 0.29) is 11.3 Å². The summed E-state index contributed by atoms with van der Waals surface area (Å²) in [6.45, 7) is 6.69. The van der Waals surface area contributed by atoms with Gasteiger partial charge in [-0.3, -0.25) is 4.79 Å². The lowest BCUT2D eigenvalue weighted by Gasteiger charge is -2.25. The zero-order chi connectivity index (χ0) is 19.4. The summed E-state index contributed by atoms with van der Waals surface area (Å²) in [5, 5.41) is 4.15. The molecule has 0 atom stereocenters. The fourth-order valence-corrected chi connectivity index (χ4v) is 3.31. The van der Waals surface area contributed by atoms with Crippen LogP contribution in [0, 0.1) is 0 Å². The zero-order valence-electron chi connectivity index (χ0n) is 16.7. The Labute approximate surface area is 161 Å². The maximum atomic E-state index is 13.0. The van der Waals surface area contributed by atoms with Crippen LogP contribution in [0.25, 0.3) is 10.9 Å². The summed E-state index contributed by atoms with van der Waals surface area (Å²) in [5.41, 5.74) is 2.94. The number of fused-ring (bicyclic) bond motifs is 1. The van der Waals surface area contributed by atoms with Gasteiger partial charge in [0, 0.05) is 42.1 Å². The molecule has 0 aliphatic carbocycles. The third-order valence-corrected chi connectivity index (χ3v) is 5.07. The summed E-state index contributed by atoms with van der Waals surface area (Å²) >= 11 is 0. The lowest BCUT2D eigenvalue weighted by atomic mass is 9.84. The highest BCUT2D eigenvalue weighted by molar-refractivity contribution is 6.07. The average molecular weight is 364 g/mol. The van der Waals surface area contributed by atoms with E-state index in [2.05, 4.69) is 60.9 Å². The van der Waals surface area contributed by atoms with E-state index in [0.717, 1.165) is 29.6 Å². The number of para-hydroxylation sites is 1. The molecule has 0 unspecified atom stereocenters. The Bertz CT molecular complexity index is 910. The van der Waals surface area contributed by atoms with Gasteiger partial charge in [0.05, 0.1) is 5.56 Å². The molecule has 0 spiro atoms. The highest BCUT2D eigenvalue weighted by Crippen LogP contribution is 2.24. The molecule has 0 saturated heterocycles. The third-order valence-electron chi connectivity index (χ3n) is 5.07. The van der Waals surface area contributed by atoms with Crippen LogP contribution in [0.2, 0.25) is 0 Å². The summed E-state index contributed by atoms with van der Waals surface area (Å²) in [4.78, 5) is 15.1. The summed E-state index contributed by atoms with van der Waals surface area (Å²) in [6, 6.07) is 18.4. The van der Waals surface area contributed by atoms with E-state index in [4.69, 9.17) is 0 Å². The molecular formula is C23H29N3O. The van der Waals surface area contributed by atoms with Gasteiger partial charge in [0.1, 0.15) is 0 Å². The largest absolute Gasteiger partial charge is 0.351 e. The maximum absolute atomic E-state index is 13.0. The van der Waals surface area contributed by atoms with Crippen molar-refractivity contribution < 1.29 is 4.79 Å². The van der Waals surface area contributed by atoms with Crippen molar-refractivity contribution in [2.24, 2.45) is 0 Å². The van der Waals surface area contributed by atoms with Crippen molar-refractivity contribution in [2.75, 3.05) is 27.2 Å².